The quantitative estimate of drug-likeness (QED) is 0.351. The molecule has 11 nitrogen and oxygen atoms in total. The molecule has 1 saturated carbocycles. The molecule has 5 rings (SSSR count). The zero-order valence-corrected chi connectivity index (χ0v) is 25.4. The maximum absolute atomic E-state index is 14.7. The van der Waals surface area contributed by atoms with Gasteiger partial charge in [-0.15, -0.1) is 0 Å². The Morgan fingerprint density at radius 3 is 2.56 bits per heavy atom. The molecule has 0 spiro atoms. The van der Waals surface area contributed by atoms with Gasteiger partial charge in [-0.1, -0.05) is 35.9 Å². The van der Waals surface area contributed by atoms with E-state index in [1.54, 1.807) is 12.1 Å². The molecule has 2 fully saturated rings. The van der Waals surface area contributed by atoms with E-state index in [1.807, 2.05) is 6.07 Å². The summed E-state index contributed by atoms with van der Waals surface area (Å²) in [5.74, 6) is -4.88. The standard InChI is InChI=1S/C30H27ClF2N6O5S/c1-45(43,44)37-19-5-4-6-21(14-19)38(29(42)24-9-10-26(40)39(24)25-13-18(17-34)11-12-35-25)27(22-7-2-3-8-23(22)31)28(41)36-20-15-30(32,33)16-20/h2-8,11-14,20,24,27,37H,9-10,15-16H2,1H3,(H,36,41). The van der Waals surface area contributed by atoms with Crippen LogP contribution in [0.25, 0.3) is 0 Å². The Bertz CT molecular complexity index is 1810. The molecule has 2 aromatic carbocycles. The number of nitrogens with one attached hydrogen (secondary N) is 2. The molecule has 1 aliphatic carbocycles. The summed E-state index contributed by atoms with van der Waals surface area (Å²) in [6.45, 7) is 0. The van der Waals surface area contributed by atoms with Crippen molar-refractivity contribution in [3.63, 3.8) is 0 Å². The fourth-order valence-corrected chi connectivity index (χ4v) is 6.25. The second-order valence-corrected chi connectivity index (χ2v) is 13.0. The molecule has 3 amide bonds. The smallest absolute Gasteiger partial charge is 0.252 e. The van der Waals surface area contributed by atoms with Gasteiger partial charge in [0, 0.05) is 47.8 Å². The lowest BCUT2D eigenvalue weighted by molar-refractivity contribution is -0.133. The number of carbonyl (C=O) groups is 3. The number of carbonyl (C=O) groups excluding carboxylic acids is 3. The minimum absolute atomic E-state index is 0.0274. The highest BCUT2D eigenvalue weighted by Gasteiger charge is 2.48. The SMILES string of the molecule is CS(=O)(=O)Nc1cccc(N(C(=O)C2CCC(=O)N2c2cc(C#N)ccn2)C(C(=O)NC2CC(F)(F)C2)c2ccccc2Cl)c1. The van der Waals surface area contributed by atoms with Gasteiger partial charge in [-0.25, -0.2) is 22.2 Å². The van der Waals surface area contributed by atoms with Crippen LogP contribution >= 0.6 is 11.6 Å². The molecule has 234 valence electrons. The first-order valence-corrected chi connectivity index (χ1v) is 16.0. The summed E-state index contributed by atoms with van der Waals surface area (Å²) in [7, 11) is -3.74. The largest absolute Gasteiger partial charge is 0.351 e. The Kier molecular flexibility index (Phi) is 8.77. The van der Waals surface area contributed by atoms with Crippen molar-refractivity contribution in [3.8, 4) is 6.07 Å². The molecule has 1 aliphatic heterocycles. The van der Waals surface area contributed by atoms with Crippen LogP contribution in [0.5, 0.6) is 0 Å². The van der Waals surface area contributed by atoms with Gasteiger partial charge in [0.25, 0.3) is 11.8 Å². The van der Waals surface area contributed by atoms with Gasteiger partial charge in [-0.3, -0.25) is 28.9 Å². The third-order valence-corrected chi connectivity index (χ3v) is 8.38. The van der Waals surface area contributed by atoms with Crippen molar-refractivity contribution < 1.29 is 31.6 Å². The molecular weight excluding hydrogens is 630 g/mol. The van der Waals surface area contributed by atoms with E-state index in [2.05, 4.69) is 15.0 Å². The number of anilines is 3. The highest BCUT2D eigenvalue weighted by molar-refractivity contribution is 7.92. The van der Waals surface area contributed by atoms with E-state index in [-0.39, 0.29) is 46.2 Å². The molecule has 45 heavy (non-hydrogen) atoms. The molecule has 2 aliphatic rings. The molecule has 0 bridgehead atoms. The van der Waals surface area contributed by atoms with Gasteiger partial charge in [0.2, 0.25) is 21.8 Å². The lowest BCUT2D eigenvalue weighted by Crippen LogP contribution is -2.56. The number of benzene rings is 2. The topological polar surface area (TPSA) is 153 Å². The normalized spacial score (nSPS) is 18.4. The molecule has 2 atom stereocenters. The average molecular weight is 657 g/mol. The van der Waals surface area contributed by atoms with E-state index in [4.69, 9.17) is 11.6 Å². The van der Waals surface area contributed by atoms with E-state index in [1.165, 1.54) is 54.7 Å². The highest BCUT2D eigenvalue weighted by Crippen LogP contribution is 2.40. The number of pyridine rings is 1. The summed E-state index contributed by atoms with van der Waals surface area (Å²) in [6, 6.07) is 13.1. The summed E-state index contributed by atoms with van der Waals surface area (Å²) in [6.07, 6.45) is 1.09. The fourth-order valence-electron chi connectivity index (χ4n) is 5.46. The van der Waals surface area contributed by atoms with Crippen molar-refractivity contribution in [1.29, 1.82) is 5.26 Å². The number of hydrogen-bond acceptors (Lipinski definition) is 7. The minimum atomic E-state index is -3.74. The van der Waals surface area contributed by atoms with Crippen molar-refractivity contribution in [2.24, 2.45) is 0 Å². The molecule has 2 N–H and O–H groups in total. The van der Waals surface area contributed by atoms with Gasteiger partial charge in [-0.2, -0.15) is 5.26 Å². The molecule has 3 aromatic rings. The van der Waals surface area contributed by atoms with Crippen molar-refractivity contribution in [3.05, 3.63) is 83.0 Å². The zero-order chi connectivity index (χ0) is 32.5. The predicted molar refractivity (Wildman–Crippen MR) is 162 cm³/mol. The van der Waals surface area contributed by atoms with Crippen LogP contribution in [0.3, 0.4) is 0 Å². The van der Waals surface area contributed by atoms with Crippen LogP contribution in [0, 0.1) is 11.3 Å². The van der Waals surface area contributed by atoms with Crippen LogP contribution in [0.4, 0.5) is 26.0 Å². The van der Waals surface area contributed by atoms with E-state index in [0.717, 1.165) is 16.1 Å². The summed E-state index contributed by atoms with van der Waals surface area (Å²) in [4.78, 5) is 48.3. The van der Waals surface area contributed by atoms with Crippen LogP contribution < -0.4 is 19.8 Å². The van der Waals surface area contributed by atoms with Crippen LogP contribution in [-0.4, -0.2) is 55.4 Å². The number of halogens is 3. The molecule has 15 heteroatoms. The predicted octanol–water partition coefficient (Wildman–Crippen LogP) is 4.16. The van der Waals surface area contributed by atoms with Crippen molar-refractivity contribution in [1.82, 2.24) is 10.3 Å². The fraction of sp³-hybridized carbons (Fsp3) is 0.300. The van der Waals surface area contributed by atoms with E-state index in [9.17, 15) is 36.8 Å². The number of nitriles is 1. The van der Waals surface area contributed by atoms with Crippen molar-refractivity contribution in [2.75, 3.05) is 20.8 Å². The molecule has 1 saturated heterocycles. The van der Waals surface area contributed by atoms with Gasteiger partial charge in [-0.05, 0) is 42.8 Å². The molecular formula is C30H27ClF2N6O5S. The van der Waals surface area contributed by atoms with Crippen molar-refractivity contribution >= 4 is 56.5 Å². The van der Waals surface area contributed by atoms with Gasteiger partial charge < -0.3 is 5.32 Å². The number of aromatic nitrogens is 1. The first-order chi connectivity index (χ1) is 21.3. The van der Waals surface area contributed by atoms with Crippen LogP contribution in [0.1, 0.15) is 42.9 Å². The summed E-state index contributed by atoms with van der Waals surface area (Å²) in [5, 5.41) is 12.1. The maximum atomic E-state index is 14.7. The lowest BCUT2D eigenvalue weighted by atomic mass is 9.87. The second kappa shape index (κ2) is 12.4. The van der Waals surface area contributed by atoms with Gasteiger partial charge >= 0.3 is 0 Å². The first-order valence-electron chi connectivity index (χ1n) is 13.8. The number of hydrogen-bond donors (Lipinski definition) is 2. The molecule has 2 heterocycles. The zero-order valence-electron chi connectivity index (χ0n) is 23.8. The summed E-state index contributed by atoms with van der Waals surface area (Å²) in [5.41, 5.74) is 0.504. The van der Waals surface area contributed by atoms with Crippen LogP contribution in [0.2, 0.25) is 5.02 Å². The third kappa shape index (κ3) is 7.05. The number of nitrogens with zero attached hydrogens (tertiary/aromatic N) is 4. The number of amides is 3. The highest BCUT2D eigenvalue weighted by atomic mass is 35.5. The second-order valence-electron chi connectivity index (χ2n) is 10.9. The van der Waals surface area contributed by atoms with E-state index in [0.29, 0.717) is 0 Å². The monoisotopic (exact) mass is 656 g/mol. The van der Waals surface area contributed by atoms with E-state index < -0.39 is 64.6 Å². The minimum Gasteiger partial charge on any atom is -0.351 e. The first kappa shape index (κ1) is 31.8. The van der Waals surface area contributed by atoms with Gasteiger partial charge in [0.05, 0.1) is 23.6 Å². The molecule has 1 aromatic heterocycles. The van der Waals surface area contributed by atoms with Crippen molar-refractivity contribution in [2.45, 2.75) is 49.7 Å². The molecule has 2 unspecified atom stereocenters. The number of alkyl halides is 2. The van der Waals surface area contributed by atoms with E-state index >= 15 is 0 Å². The maximum Gasteiger partial charge on any atom is 0.252 e. The molecule has 0 radical (unpaired) electrons. The third-order valence-electron chi connectivity index (χ3n) is 7.43. The Balaban J connectivity index is 1.64. The summed E-state index contributed by atoms with van der Waals surface area (Å²) >= 11 is 6.55. The number of sulfonamides is 1. The number of rotatable bonds is 9. The van der Waals surface area contributed by atoms with Gasteiger partial charge in [0.1, 0.15) is 17.9 Å². The summed E-state index contributed by atoms with van der Waals surface area (Å²) < 4.78 is 53.8. The lowest BCUT2D eigenvalue weighted by Gasteiger charge is -2.39. The Labute approximate surface area is 262 Å². The van der Waals surface area contributed by atoms with Crippen LogP contribution in [0.15, 0.2) is 66.9 Å². The van der Waals surface area contributed by atoms with Gasteiger partial charge in [0.15, 0.2) is 0 Å². The Hall–Kier alpha value is -4.61. The Morgan fingerprint density at radius 2 is 1.89 bits per heavy atom. The van der Waals surface area contributed by atoms with Crippen LogP contribution in [-0.2, 0) is 24.4 Å². The Morgan fingerprint density at radius 1 is 1.16 bits per heavy atom. The average Bonchev–Trinajstić information content (AvgIpc) is 3.35.